The van der Waals surface area contributed by atoms with E-state index in [0.29, 0.717) is 42.3 Å². The van der Waals surface area contributed by atoms with Crippen molar-refractivity contribution in [2.45, 2.75) is 39.2 Å². The van der Waals surface area contributed by atoms with Gasteiger partial charge >= 0.3 is 12.0 Å². The van der Waals surface area contributed by atoms with Crippen LogP contribution in [-0.4, -0.2) is 76.5 Å². The smallest absolute Gasteiger partial charge is 0.324 e. The fraction of sp³-hybridized carbons (Fsp3) is 0.423. The number of carbonyl (C=O) groups excluding carboxylic acids is 3. The third kappa shape index (κ3) is 7.66. The summed E-state index contributed by atoms with van der Waals surface area (Å²) < 4.78 is 5.42. The van der Waals surface area contributed by atoms with E-state index in [1.807, 2.05) is 13.8 Å². The van der Waals surface area contributed by atoms with Gasteiger partial charge in [-0.2, -0.15) is 0 Å². The van der Waals surface area contributed by atoms with Crippen LogP contribution < -0.4 is 15.4 Å². The predicted octanol–water partition coefficient (Wildman–Crippen LogP) is 2.84. The molecule has 2 aromatic rings. The summed E-state index contributed by atoms with van der Waals surface area (Å²) in [7, 11) is 1.47. The molecule has 0 spiro atoms. The van der Waals surface area contributed by atoms with Gasteiger partial charge in [0, 0.05) is 25.8 Å². The van der Waals surface area contributed by atoms with Gasteiger partial charge in [0.1, 0.15) is 17.6 Å². The lowest BCUT2D eigenvalue weighted by Crippen LogP contribution is -2.59. The van der Waals surface area contributed by atoms with Crippen molar-refractivity contribution in [2.75, 3.05) is 37.4 Å². The van der Waals surface area contributed by atoms with Crippen LogP contribution in [0.2, 0.25) is 0 Å². The Morgan fingerprint density at radius 2 is 1.95 bits per heavy atom. The van der Waals surface area contributed by atoms with Crippen molar-refractivity contribution in [3.8, 4) is 5.75 Å². The molecule has 1 aliphatic heterocycles. The molecule has 11 heteroatoms. The first-order valence-electron chi connectivity index (χ1n) is 12.1. The Hall–Kier alpha value is -4.15. The second-order valence-corrected chi connectivity index (χ2v) is 9.21. The minimum atomic E-state index is -0.965. The monoisotopic (exact) mass is 511 g/mol. The van der Waals surface area contributed by atoms with E-state index in [1.165, 1.54) is 12.0 Å². The van der Waals surface area contributed by atoms with Crippen LogP contribution in [0.3, 0.4) is 0 Å². The Morgan fingerprint density at radius 1 is 1.16 bits per heavy atom. The average Bonchev–Trinajstić information content (AvgIpc) is 2.85. The summed E-state index contributed by atoms with van der Waals surface area (Å²) in [6.45, 7) is 4.72. The van der Waals surface area contributed by atoms with Crippen LogP contribution in [0, 0.1) is 5.92 Å². The summed E-state index contributed by atoms with van der Waals surface area (Å²) in [5.41, 5.74) is 1.09. The molecule has 1 unspecified atom stereocenters. The number of benzene rings is 1. The number of pyridine rings is 1. The SMILES string of the molecule is COc1cc(CC(=O)N2CCN(CCC(=O)O)C(=O)C2CC(C)C)ccc1NC(=O)Nc1ccccn1. The quantitative estimate of drug-likeness (QED) is 0.445. The number of aromatic nitrogens is 1. The van der Waals surface area contributed by atoms with Crippen molar-refractivity contribution in [3.63, 3.8) is 0 Å². The summed E-state index contributed by atoms with van der Waals surface area (Å²) in [5, 5.41) is 14.3. The van der Waals surface area contributed by atoms with Crippen LogP contribution in [0.5, 0.6) is 5.75 Å². The first kappa shape index (κ1) is 27.4. The Bertz CT molecular complexity index is 1120. The van der Waals surface area contributed by atoms with Crippen LogP contribution in [0.4, 0.5) is 16.3 Å². The zero-order chi connectivity index (χ0) is 26.9. The number of hydrogen-bond acceptors (Lipinski definition) is 6. The second kappa shape index (κ2) is 12.7. The van der Waals surface area contributed by atoms with Gasteiger partial charge in [-0.05, 0) is 42.2 Å². The fourth-order valence-corrected chi connectivity index (χ4v) is 4.20. The minimum Gasteiger partial charge on any atom is -0.495 e. The van der Waals surface area contributed by atoms with E-state index in [9.17, 15) is 19.2 Å². The van der Waals surface area contributed by atoms with Gasteiger partial charge in [-0.3, -0.25) is 19.7 Å². The molecule has 0 radical (unpaired) electrons. The van der Waals surface area contributed by atoms with Crippen molar-refractivity contribution in [3.05, 3.63) is 48.2 Å². The van der Waals surface area contributed by atoms with Gasteiger partial charge < -0.3 is 25.0 Å². The van der Waals surface area contributed by atoms with Crippen molar-refractivity contribution < 1.29 is 29.0 Å². The summed E-state index contributed by atoms with van der Waals surface area (Å²) in [5.74, 6) is -0.429. The van der Waals surface area contributed by atoms with Crippen LogP contribution >= 0.6 is 0 Å². The van der Waals surface area contributed by atoms with E-state index in [0.717, 1.165) is 0 Å². The Morgan fingerprint density at radius 3 is 2.59 bits per heavy atom. The Balaban J connectivity index is 1.68. The lowest BCUT2D eigenvalue weighted by Gasteiger charge is -2.41. The van der Waals surface area contributed by atoms with Gasteiger partial charge in [-0.15, -0.1) is 0 Å². The summed E-state index contributed by atoms with van der Waals surface area (Å²) in [6.07, 6.45) is 1.98. The molecule has 1 aromatic heterocycles. The third-order valence-corrected chi connectivity index (χ3v) is 5.97. The topological polar surface area (TPSA) is 141 Å². The van der Waals surface area contributed by atoms with Crippen LogP contribution in [0.15, 0.2) is 42.6 Å². The van der Waals surface area contributed by atoms with E-state index >= 15 is 0 Å². The molecule has 4 amide bonds. The maximum Gasteiger partial charge on any atom is 0.324 e. The van der Waals surface area contributed by atoms with Crippen molar-refractivity contribution in [2.24, 2.45) is 5.92 Å². The van der Waals surface area contributed by atoms with Crippen molar-refractivity contribution in [1.29, 1.82) is 0 Å². The highest BCUT2D eigenvalue weighted by atomic mass is 16.5. The lowest BCUT2D eigenvalue weighted by atomic mass is 9.98. The van der Waals surface area contributed by atoms with Crippen LogP contribution in [-0.2, 0) is 20.8 Å². The summed E-state index contributed by atoms with van der Waals surface area (Å²) in [4.78, 5) is 56.8. The zero-order valence-electron chi connectivity index (χ0n) is 21.3. The number of anilines is 2. The number of carboxylic acids is 1. The molecule has 3 rings (SSSR count). The molecule has 0 aliphatic carbocycles. The van der Waals surface area contributed by atoms with Gasteiger partial charge in [-0.25, -0.2) is 9.78 Å². The zero-order valence-corrected chi connectivity index (χ0v) is 21.3. The summed E-state index contributed by atoms with van der Waals surface area (Å²) in [6, 6.07) is 9.09. The largest absolute Gasteiger partial charge is 0.495 e. The molecule has 1 aromatic carbocycles. The van der Waals surface area contributed by atoms with Gasteiger partial charge in [0.05, 0.1) is 25.6 Å². The molecule has 37 heavy (non-hydrogen) atoms. The number of methoxy groups -OCH3 is 1. The number of rotatable bonds is 10. The van der Waals surface area contributed by atoms with E-state index in [-0.39, 0.29) is 37.1 Å². The van der Waals surface area contributed by atoms with Crippen molar-refractivity contribution >= 4 is 35.3 Å². The number of hydrogen-bond donors (Lipinski definition) is 3. The molecule has 11 nitrogen and oxygen atoms in total. The molecular formula is C26H33N5O6. The Kier molecular flexibility index (Phi) is 9.42. The van der Waals surface area contributed by atoms with Crippen molar-refractivity contribution in [1.82, 2.24) is 14.8 Å². The molecule has 0 saturated carbocycles. The van der Waals surface area contributed by atoms with Gasteiger partial charge in [0.25, 0.3) is 0 Å². The highest BCUT2D eigenvalue weighted by molar-refractivity contribution is 6.00. The number of piperazine rings is 1. The third-order valence-electron chi connectivity index (χ3n) is 5.97. The maximum absolute atomic E-state index is 13.3. The molecular weight excluding hydrogens is 478 g/mol. The number of carbonyl (C=O) groups is 4. The van der Waals surface area contributed by atoms with Crippen LogP contribution in [0.25, 0.3) is 0 Å². The lowest BCUT2D eigenvalue weighted by molar-refractivity contribution is -0.152. The molecule has 1 fully saturated rings. The minimum absolute atomic E-state index is 0.0494. The number of urea groups is 1. The second-order valence-electron chi connectivity index (χ2n) is 9.21. The van der Waals surface area contributed by atoms with Gasteiger partial charge in [0.15, 0.2) is 0 Å². The molecule has 3 N–H and O–H groups in total. The van der Waals surface area contributed by atoms with Gasteiger partial charge in [-0.1, -0.05) is 26.0 Å². The number of ether oxygens (including phenoxy) is 1. The van der Waals surface area contributed by atoms with E-state index in [4.69, 9.17) is 9.84 Å². The van der Waals surface area contributed by atoms with E-state index in [2.05, 4.69) is 15.6 Å². The Labute approximate surface area is 215 Å². The normalized spacial score (nSPS) is 15.5. The molecule has 1 aliphatic rings. The number of nitrogens with one attached hydrogen (secondary N) is 2. The highest BCUT2D eigenvalue weighted by Gasteiger charge is 2.37. The number of aliphatic carboxylic acids is 1. The predicted molar refractivity (Wildman–Crippen MR) is 137 cm³/mol. The van der Waals surface area contributed by atoms with Gasteiger partial charge in [0.2, 0.25) is 11.8 Å². The molecule has 1 atom stereocenters. The van der Waals surface area contributed by atoms with Crippen LogP contribution in [0.1, 0.15) is 32.3 Å². The molecule has 0 bridgehead atoms. The standard InChI is InChI=1S/C26H33N5O6/c1-17(2)14-20-25(35)30(11-9-24(33)34)12-13-31(20)23(32)16-18-7-8-19(21(15-18)37-3)28-26(36)29-22-6-4-5-10-27-22/h4-8,10,15,17,20H,9,11-14,16H2,1-3H3,(H,33,34)(H2,27,28,29,36). The van der Waals surface area contributed by atoms with E-state index < -0.39 is 18.0 Å². The highest BCUT2D eigenvalue weighted by Crippen LogP contribution is 2.27. The number of carboxylic acid groups (broad SMARTS) is 1. The average molecular weight is 512 g/mol. The molecule has 198 valence electrons. The first-order chi connectivity index (χ1) is 17.7. The summed E-state index contributed by atoms with van der Waals surface area (Å²) >= 11 is 0. The number of amides is 4. The molecule has 2 heterocycles. The first-order valence-corrected chi connectivity index (χ1v) is 12.1. The number of nitrogens with zero attached hydrogens (tertiary/aromatic N) is 3. The van der Waals surface area contributed by atoms with E-state index in [1.54, 1.807) is 47.5 Å². The maximum atomic E-state index is 13.3. The fourth-order valence-electron chi connectivity index (χ4n) is 4.20. The molecule has 1 saturated heterocycles.